The van der Waals surface area contributed by atoms with Crippen LogP contribution in [0.3, 0.4) is 0 Å². The first-order chi connectivity index (χ1) is 10.0. The van der Waals surface area contributed by atoms with Crippen LogP contribution in [-0.2, 0) is 6.54 Å². The fourth-order valence-electron chi connectivity index (χ4n) is 3.26. The molecule has 1 aliphatic heterocycles. The number of nitrogens with zero attached hydrogens (tertiary/aromatic N) is 2. The quantitative estimate of drug-likeness (QED) is 0.902. The summed E-state index contributed by atoms with van der Waals surface area (Å²) < 4.78 is 0. The van der Waals surface area contributed by atoms with Gasteiger partial charge in [0.05, 0.1) is 0 Å². The standard InChI is InChI=1S/C18H31N3/c1-6-14(4)17-12-21(18(10-20-17)13(2)3)11-16-7-8-19-9-15(16)5/h7-9,13-14,17-18,20H,6,10-12H2,1-5H3. The molecular weight excluding hydrogens is 258 g/mol. The molecule has 3 nitrogen and oxygen atoms in total. The second-order valence-electron chi connectivity index (χ2n) is 6.94. The molecule has 118 valence electrons. The van der Waals surface area contributed by atoms with Gasteiger partial charge in [-0.25, -0.2) is 0 Å². The lowest BCUT2D eigenvalue weighted by molar-refractivity contribution is 0.0751. The molecule has 1 aliphatic rings. The third-order valence-electron chi connectivity index (χ3n) is 5.10. The Morgan fingerprint density at radius 1 is 1.38 bits per heavy atom. The smallest absolute Gasteiger partial charge is 0.0300 e. The number of piperazine rings is 1. The molecule has 0 amide bonds. The first kappa shape index (κ1) is 16.4. The lowest BCUT2D eigenvalue weighted by atomic mass is 9.91. The third-order valence-corrected chi connectivity index (χ3v) is 5.10. The number of aromatic nitrogens is 1. The van der Waals surface area contributed by atoms with Crippen LogP contribution in [0.25, 0.3) is 0 Å². The maximum Gasteiger partial charge on any atom is 0.0300 e. The van der Waals surface area contributed by atoms with Gasteiger partial charge in [-0.1, -0.05) is 34.1 Å². The molecule has 0 aromatic carbocycles. The van der Waals surface area contributed by atoms with Gasteiger partial charge in [0.15, 0.2) is 0 Å². The van der Waals surface area contributed by atoms with E-state index in [1.165, 1.54) is 17.5 Å². The lowest BCUT2D eigenvalue weighted by Gasteiger charge is -2.44. The monoisotopic (exact) mass is 289 g/mol. The van der Waals surface area contributed by atoms with E-state index in [1.54, 1.807) is 0 Å². The van der Waals surface area contributed by atoms with Crippen molar-refractivity contribution in [2.75, 3.05) is 13.1 Å². The summed E-state index contributed by atoms with van der Waals surface area (Å²) in [5.41, 5.74) is 2.72. The van der Waals surface area contributed by atoms with Crippen LogP contribution in [-0.4, -0.2) is 35.1 Å². The van der Waals surface area contributed by atoms with E-state index in [0.29, 0.717) is 18.0 Å². The minimum Gasteiger partial charge on any atom is -0.311 e. The first-order valence-corrected chi connectivity index (χ1v) is 8.39. The van der Waals surface area contributed by atoms with Crippen LogP contribution in [0.5, 0.6) is 0 Å². The van der Waals surface area contributed by atoms with Gasteiger partial charge in [0, 0.05) is 44.1 Å². The van der Waals surface area contributed by atoms with Gasteiger partial charge >= 0.3 is 0 Å². The van der Waals surface area contributed by atoms with Gasteiger partial charge in [-0.05, 0) is 36.0 Å². The summed E-state index contributed by atoms with van der Waals surface area (Å²) in [7, 11) is 0. The summed E-state index contributed by atoms with van der Waals surface area (Å²) in [5, 5.41) is 3.78. The van der Waals surface area contributed by atoms with Gasteiger partial charge in [-0.15, -0.1) is 0 Å². The number of pyridine rings is 1. The van der Waals surface area contributed by atoms with Crippen LogP contribution in [0.15, 0.2) is 18.5 Å². The number of rotatable bonds is 5. The average Bonchev–Trinajstić information content (AvgIpc) is 2.48. The van der Waals surface area contributed by atoms with Gasteiger partial charge in [-0.2, -0.15) is 0 Å². The normalized spacial score (nSPS) is 25.2. The van der Waals surface area contributed by atoms with Crippen LogP contribution in [0, 0.1) is 18.8 Å². The second-order valence-corrected chi connectivity index (χ2v) is 6.94. The SMILES string of the molecule is CCC(C)C1CN(Cc2ccncc2C)C(C(C)C)CN1. The predicted molar refractivity (Wildman–Crippen MR) is 89.3 cm³/mol. The van der Waals surface area contributed by atoms with Crippen molar-refractivity contribution in [3.63, 3.8) is 0 Å². The molecule has 0 bridgehead atoms. The van der Waals surface area contributed by atoms with Gasteiger partial charge < -0.3 is 5.32 Å². The Morgan fingerprint density at radius 3 is 2.76 bits per heavy atom. The topological polar surface area (TPSA) is 28.2 Å². The number of nitrogens with one attached hydrogen (secondary N) is 1. The number of aryl methyl sites for hydroxylation is 1. The summed E-state index contributed by atoms with van der Waals surface area (Å²) in [6.45, 7) is 14.8. The third kappa shape index (κ3) is 4.04. The highest BCUT2D eigenvalue weighted by Gasteiger charge is 2.31. The number of hydrogen-bond donors (Lipinski definition) is 1. The van der Waals surface area contributed by atoms with Crippen molar-refractivity contribution in [2.45, 2.75) is 59.7 Å². The van der Waals surface area contributed by atoms with Crippen LogP contribution in [0.1, 0.15) is 45.2 Å². The zero-order valence-electron chi connectivity index (χ0n) is 14.3. The van der Waals surface area contributed by atoms with E-state index in [2.05, 4.69) is 55.9 Å². The molecular formula is C18H31N3. The van der Waals surface area contributed by atoms with E-state index in [0.717, 1.165) is 25.6 Å². The van der Waals surface area contributed by atoms with Crippen molar-refractivity contribution in [2.24, 2.45) is 11.8 Å². The Hall–Kier alpha value is -0.930. The van der Waals surface area contributed by atoms with E-state index >= 15 is 0 Å². The molecule has 1 saturated heterocycles. The van der Waals surface area contributed by atoms with Gasteiger partial charge in [-0.3, -0.25) is 9.88 Å². The Labute approximate surface area is 130 Å². The first-order valence-electron chi connectivity index (χ1n) is 8.39. The van der Waals surface area contributed by atoms with Crippen LogP contribution in [0.2, 0.25) is 0 Å². The van der Waals surface area contributed by atoms with Gasteiger partial charge in [0.2, 0.25) is 0 Å². The highest BCUT2D eigenvalue weighted by molar-refractivity contribution is 5.21. The molecule has 3 heteroatoms. The van der Waals surface area contributed by atoms with Gasteiger partial charge in [0.25, 0.3) is 0 Å². The summed E-state index contributed by atoms with van der Waals surface area (Å²) in [5.74, 6) is 1.41. The summed E-state index contributed by atoms with van der Waals surface area (Å²) >= 11 is 0. The Balaban J connectivity index is 2.12. The van der Waals surface area contributed by atoms with Crippen LogP contribution < -0.4 is 5.32 Å². The van der Waals surface area contributed by atoms with Crippen LogP contribution >= 0.6 is 0 Å². The molecule has 0 aliphatic carbocycles. The average molecular weight is 289 g/mol. The summed E-state index contributed by atoms with van der Waals surface area (Å²) in [6.07, 6.45) is 5.14. The maximum atomic E-state index is 4.22. The fourth-order valence-corrected chi connectivity index (χ4v) is 3.26. The largest absolute Gasteiger partial charge is 0.311 e. The van der Waals surface area contributed by atoms with Crippen molar-refractivity contribution in [1.29, 1.82) is 0 Å². The minimum absolute atomic E-state index is 0.618. The van der Waals surface area contributed by atoms with Crippen LogP contribution in [0.4, 0.5) is 0 Å². The molecule has 1 aromatic heterocycles. The highest BCUT2D eigenvalue weighted by Crippen LogP contribution is 2.22. The molecule has 0 radical (unpaired) electrons. The lowest BCUT2D eigenvalue weighted by Crippen LogP contribution is -2.59. The molecule has 0 spiro atoms. The van der Waals surface area contributed by atoms with Crippen molar-refractivity contribution >= 4 is 0 Å². The molecule has 1 N–H and O–H groups in total. The zero-order chi connectivity index (χ0) is 15.4. The summed E-state index contributed by atoms with van der Waals surface area (Å²) in [4.78, 5) is 6.90. The maximum absolute atomic E-state index is 4.22. The zero-order valence-corrected chi connectivity index (χ0v) is 14.3. The molecule has 0 saturated carbocycles. The van der Waals surface area contributed by atoms with Crippen molar-refractivity contribution < 1.29 is 0 Å². The Bertz CT molecular complexity index is 444. The van der Waals surface area contributed by atoms with E-state index in [9.17, 15) is 0 Å². The molecule has 3 unspecified atom stereocenters. The van der Waals surface area contributed by atoms with E-state index < -0.39 is 0 Å². The number of hydrogen-bond acceptors (Lipinski definition) is 3. The van der Waals surface area contributed by atoms with Crippen molar-refractivity contribution in [1.82, 2.24) is 15.2 Å². The molecule has 2 rings (SSSR count). The molecule has 1 aromatic rings. The molecule has 1 fully saturated rings. The molecule has 3 atom stereocenters. The van der Waals surface area contributed by atoms with Gasteiger partial charge in [0.1, 0.15) is 0 Å². The second kappa shape index (κ2) is 7.37. The van der Waals surface area contributed by atoms with E-state index in [4.69, 9.17) is 0 Å². The Kier molecular flexibility index (Phi) is 5.77. The fraction of sp³-hybridized carbons (Fsp3) is 0.722. The van der Waals surface area contributed by atoms with Crippen molar-refractivity contribution in [3.8, 4) is 0 Å². The van der Waals surface area contributed by atoms with E-state index in [-0.39, 0.29) is 0 Å². The molecule has 21 heavy (non-hydrogen) atoms. The minimum atomic E-state index is 0.618. The molecule has 2 heterocycles. The highest BCUT2D eigenvalue weighted by atomic mass is 15.2. The predicted octanol–water partition coefficient (Wildman–Crippen LogP) is 3.23. The van der Waals surface area contributed by atoms with E-state index in [1.807, 2.05) is 12.4 Å². The summed E-state index contributed by atoms with van der Waals surface area (Å²) in [6, 6.07) is 3.41. The van der Waals surface area contributed by atoms with Crippen molar-refractivity contribution in [3.05, 3.63) is 29.6 Å². The Morgan fingerprint density at radius 2 is 2.14 bits per heavy atom.